The van der Waals surface area contributed by atoms with Crippen LogP contribution in [0.3, 0.4) is 0 Å². The van der Waals surface area contributed by atoms with Crippen LogP contribution in [0.4, 0.5) is 0 Å². The molecule has 1 amide bonds. The lowest BCUT2D eigenvalue weighted by molar-refractivity contribution is -0.343. The van der Waals surface area contributed by atoms with Gasteiger partial charge in [0.15, 0.2) is 5.60 Å². The van der Waals surface area contributed by atoms with Gasteiger partial charge in [-0.15, -0.1) is 0 Å². The molecule has 1 aromatic carbocycles. The van der Waals surface area contributed by atoms with Crippen molar-refractivity contribution in [2.24, 2.45) is 28.6 Å². The number of piperidine rings is 1. The van der Waals surface area contributed by atoms with Crippen LogP contribution in [0.1, 0.15) is 43.5 Å². The summed E-state index contributed by atoms with van der Waals surface area (Å²) in [6, 6.07) is 7.11. The molecule has 7 rings (SSSR count). The number of hydrogen-bond donors (Lipinski definition) is 4. The lowest BCUT2D eigenvalue weighted by atomic mass is 9.41. The van der Waals surface area contributed by atoms with Gasteiger partial charge in [0.05, 0.1) is 47.4 Å². The number of carbonyl (C=O) groups is 3. The second kappa shape index (κ2) is 10.2. The molecular formula is C33H43NO12. The Kier molecular flexibility index (Phi) is 7.06. The predicted molar refractivity (Wildman–Crippen MR) is 156 cm³/mol. The molecule has 13 heteroatoms. The Morgan fingerprint density at radius 1 is 0.978 bits per heavy atom. The standard InChI is InChI=1S/C33H43NO12/c1-16(35)34-14-29(15-42-3)12-11-19(37)32-22(29)21(43-4)20(24(32)34)33(46-17(2)36)23-26(45-28(39)18-9-7-6-8-10-18)30(40,13-31(23,32)41)27(44-5)25(33)38/h6-10,19-27,37-38,40-41H,11-15H2,1-5H3/t19-,20-,21-,22+,23-,24?,25-,26+,27-,29-,30+,31-,32+,33-/m0/s1. The van der Waals surface area contributed by atoms with Gasteiger partial charge in [-0.2, -0.15) is 0 Å². The van der Waals surface area contributed by atoms with Crippen molar-refractivity contribution in [3.8, 4) is 0 Å². The summed E-state index contributed by atoms with van der Waals surface area (Å²) in [7, 11) is 4.29. The molecule has 252 valence electrons. The van der Waals surface area contributed by atoms with Crippen molar-refractivity contribution in [1.82, 2.24) is 4.90 Å². The fraction of sp³-hybridized carbons (Fsp3) is 0.727. The number of hydrogen-bond acceptors (Lipinski definition) is 12. The van der Waals surface area contributed by atoms with Gasteiger partial charge in [0.1, 0.15) is 23.9 Å². The average Bonchev–Trinajstić information content (AvgIpc) is 3.36. The van der Waals surface area contributed by atoms with Crippen molar-refractivity contribution in [1.29, 1.82) is 0 Å². The molecule has 1 aliphatic heterocycles. The molecule has 1 aromatic rings. The van der Waals surface area contributed by atoms with E-state index in [9.17, 15) is 34.8 Å². The molecular weight excluding hydrogens is 602 g/mol. The Hall–Kier alpha value is -2.65. The van der Waals surface area contributed by atoms with Gasteiger partial charge < -0.3 is 49.0 Å². The van der Waals surface area contributed by atoms with E-state index >= 15 is 0 Å². The van der Waals surface area contributed by atoms with E-state index in [2.05, 4.69) is 0 Å². The van der Waals surface area contributed by atoms with Crippen LogP contribution in [0, 0.1) is 28.6 Å². The molecule has 14 atom stereocenters. The topological polar surface area (TPSA) is 182 Å². The molecule has 6 aliphatic rings. The van der Waals surface area contributed by atoms with E-state index in [0.29, 0.717) is 6.42 Å². The number of ether oxygens (including phenoxy) is 5. The number of likely N-dealkylation sites (tertiary alicyclic amines) is 1. The first-order valence-electron chi connectivity index (χ1n) is 15.8. The summed E-state index contributed by atoms with van der Waals surface area (Å²) < 4.78 is 30.2. The monoisotopic (exact) mass is 645 g/mol. The summed E-state index contributed by atoms with van der Waals surface area (Å²) in [5.41, 5.74) is -8.69. The third-order valence-corrected chi connectivity index (χ3v) is 12.8. The van der Waals surface area contributed by atoms with Crippen LogP contribution < -0.4 is 0 Å². The Balaban J connectivity index is 1.56. The zero-order chi connectivity index (χ0) is 33.2. The quantitative estimate of drug-likeness (QED) is 0.284. The lowest BCUT2D eigenvalue weighted by Crippen LogP contribution is -2.85. The first kappa shape index (κ1) is 31.9. The molecule has 1 spiro atoms. The molecule has 0 radical (unpaired) electrons. The third kappa shape index (κ3) is 3.42. The molecule has 6 fully saturated rings. The second-order valence-corrected chi connectivity index (χ2v) is 14.4. The molecule has 7 bridgehead atoms. The minimum Gasteiger partial charge on any atom is -0.455 e. The maximum atomic E-state index is 13.7. The van der Waals surface area contributed by atoms with Crippen molar-refractivity contribution >= 4 is 17.8 Å². The van der Waals surface area contributed by atoms with Crippen LogP contribution in [0.2, 0.25) is 0 Å². The average molecular weight is 646 g/mol. The van der Waals surface area contributed by atoms with Crippen LogP contribution in [0.25, 0.3) is 0 Å². The van der Waals surface area contributed by atoms with Crippen molar-refractivity contribution in [2.45, 2.75) is 86.5 Å². The summed E-state index contributed by atoms with van der Waals surface area (Å²) in [5.74, 6) is -5.13. The molecule has 46 heavy (non-hydrogen) atoms. The largest absolute Gasteiger partial charge is 0.455 e. The number of nitrogens with zero attached hydrogens (tertiary/aromatic N) is 1. The van der Waals surface area contributed by atoms with E-state index in [1.807, 2.05) is 0 Å². The second-order valence-electron chi connectivity index (χ2n) is 14.4. The van der Waals surface area contributed by atoms with Gasteiger partial charge in [0.25, 0.3) is 0 Å². The van der Waals surface area contributed by atoms with Crippen molar-refractivity contribution < 1.29 is 58.5 Å². The van der Waals surface area contributed by atoms with Crippen molar-refractivity contribution in [3.05, 3.63) is 35.9 Å². The Morgan fingerprint density at radius 2 is 1.67 bits per heavy atom. The van der Waals surface area contributed by atoms with Gasteiger partial charge in [-0.05, 0) is 25.0 Å². The lowest BCUT2D eigenvalue weighted by Gasteiger charge is -2.71. The predicted octanol–water partition coefficient (Wildman–Crippen LogP) is -0.335. The van der Waals surface area contributed by atoms with Crippen molar-refractivity contribution in [2.75, 3.05) is 34.5 Å². The first-order chi connectivity index (χ1) is 21.8. The highest BCUT2D eigenvalue weighted by Crippen LogP contribution is 2.81. The van der Waals surface area contributed by atoms with Crippen LogP contribution in [-0.2, 0) is 33.3 Å². The fourth-order valence-electron chi connectivity index (χ4n) is 12.0. The van der Waals surface area contributed by atoms with E-state index in [1.54, 1.807) is 42.3 Å². The first-order valence-corrected chi connectivity index (χ1v) is 15.8. The van der Waals surface area contributed by atoms with Gasteiger partial charge in [-0.1, -0.05) is 18.2 Å². The smallest absolute Gasteiger partial charge is 0.338 e. The molecule has 1 saturated heterocycles. The number of methoxy groups -OCH3 is 3. The number of aliphatic hydroxyl groups is 4. The maximum Gasteiger partial charge on any atom is 0.338 e. The summed E-state index contributed by atoms with van der Waals surface area (Å²) in [5, 5.41) is 50.9. The highest BCUT2D eigenvalue weighted by atomic mass is 16.6. The fourth-order valence-corrected chi connectivity index (χ4v) is 12.0. The Bertz CT molecular complexity index is 1440. The molecule has 5 saturated carbocycles. The molecule has 4 N–H and O–H groups in total. The number of benzene rings is 1. The van der Waals surface area contributed by atoms with Crippen LogP contribution in [-0.4, -0.2) is 131 Å². The minimum atomic E-state index is -2.19. The van der Waals surface area contributed by atoms with E-state index in [0.717, 1.165) is 0 Å². The van der Waals surface area contributed by atoms with E-state index in [-0.39, 0.29) is 31.0 Å². The normalized spacial score (nSPS) is 49.4. The number of aliphatic hydroxyl groups excluding tert-OH is 2. The van der Waals surface area contributed by atoms with Crippen molar-refractivity contribution in [3.63, 3.8) is 0 Å². The van der Waals surface area contributed by atoms with E-state index in [1.165, 1.54) is 28.1 Å². The molecule has 1 heterocycles. The van der Waals surface area contributed by atoms with Crippen LogP contribution in [0.15, 0.2) is 30.3 Å². The van der Waals surface area contributed by atoms with Crippen LogP contribution in [0.5, 0.6) is 0 Å². The number of esters is 2. The Morgan fingerprint density at radius 3 is 2.26 bits per heavy atom. The summed E-state index contributed by atoms with van der Waals surface area (Å²) >= 11 is 0. The number of fused-ring (bicyclic) bond motifs is 2. The van der Waals surface area contributed by atoms with Gasteiger partial charge in [0, 0.05) is 65.4 Å². The SMILES string of the molecule is COC[C@@]12CC[C@H](O)[C@]34C([C@H]([C@H](OC)[C@H]13)[C@]1(OC(C)=O)[C@H]3[C@@H](OC(=O)c5ccccc5)[C@](O)(C[C@]34O)[C@@H](OC)[C@@H]1O)N(C(C)=O)C2. The maximum absolute atomic E-state index is 13.7. The molecule has 5 aliphatic carbocycles. The number of rotatable bonds is 7. The van der Waals surface area contributed by atoms with Gasteiger partial charge >= 0.3 is 11.9 Å². The van der Waals surface area contributed by atoms with Gasteiger partial charge in [-0.3, -0.25) is 9.59 Å². The summed E-state index contributed by atoms with van der Waals surface area (Å²) in [6.45, 7) is 2.94. The summed E-state index contributed by atoms with van der Waals surface area (Å²) in [6.07, 6.45) is -6.79. The minimum absolute atomic E-state index is 0.163. The zero-order valence-electron chi connectivity index (χ0n) is 26.6. The van der Waals surface area contributed by atoms with E-state index < -0.39 is 100 Å². The molecule has 13 nitrogen and oxygen atoms in total. The third-order valence-electron chi connectivity index (χ3n) is 12.8. The number of carbonyl (C=O) groups excluding carboxylic acids is 3. The zero-order valence-corrected chi connectivity index (χ0v) is 26.6. The highest BCUT2D eigenvalue weighted by molar-refractivity contribution is 5.89. The molecule has 0 aromatic heterocycles. The molecule has 1 unspecified atom stereocenters. The highest BCUT2D eigenvalue weighted by Gasteiger charge is 2.96. The summed E-state index contributed by atoms with van der Waals surface area (Å²) in [4.78, 5) is 42.1. The van der Waals surface area contributed by atoms with E-state index in [4.69, 9.17) is 23.7 Å². The Labute approximate surface area is 266 Å². The van der Waals surface area contributed by atoms with Gasteiger partial charge in [0.2, 0.25) is 5.91 Å². The van der Waals surface area contributed by atoms with Gasteiger partial charge in [-0.25, -0.2) is 4.79 Å². The van der Waals surface area contributed by atoms with Crippen LogP contribution >= 0.6 is 0 Å². The number of amides is 1.